The Bertz CT molecular complexity index is 216. The summed E-state index contributed by atoms with van der Waals surface area (Å²) < 4.78 is 5.69. The summed E-state index contributed by atoms with van der Waals surface area (Å²) in [6.07, 6.45) is 4.06. The summed E-state index contributed by atoms with van der Waals surface area (Å²) in [5.74, 6) is 0. The molecule has 1 aliphatic heterocycles. The van der Waals surface area contributed by atoms with Crippen LogP contribution in [0.25, 0.3) is 0 Å². The third-order valence-electron chi connectivity index (χ3n) is 2.96. The van der Waals surface area contributed by atoms with Gasteiger partial charge in [-0.25, -0.2) is 4.79 Å². The lowest BCUT2D eigenvalue weighted by atomic mass is 10.1. The number of ether oxygens (including phenoxy) is 1. The molecule has 0 unspecified atom stereocenters. The Labute approximate surface area is 104 Å². The van der Waals surface area contributed by atoms with Crippen molar-refractivity contribution in [2.45, 2.75) is 38.7 Å². The van der Waals surface area contributed by atoms with Gasteiger partial charge in [0.2, 0.25) is 0 Å². The average Bonchev–Trinajstić information content (AvgIpc) is 2.37. The Morgan fingerprint density at radius 1 is 1.47 bits per heavy atom. The normalized spacial score (nSPS) is 17.2. The first kappa shape index (κ1) is 14.3. The number of piperidine rings is 1. The molecule has 1 saturated heterocycles. The van der Waals surface area contributed by atoms with Gasteiger partial charge < -0.3 is 20.7 Å². The Morgan fingerprint density at radius 3 is 2.76 bits per heavy atom. The van der Waals surface area contributed by atoms with Crippen molar-refractivity contribution in [3.63, 3.8) is 0 Å². The van der Waals surface area contributed by atoms with E-state index in [9.17, 15) is 4.79 Å². The summed E-state index contributed by atoms with van der Waals surface area (Å²) >= 11 is 0. The lowest BCUT2D eigenvalue weighted by Gasteiger charge is -2.32. The number of hydrogen-bond acceptors (Lipinski definition) is 3. The first-order valence-corrected chi connectivity index (χ1v) is 6.62. The van der Waals surface area contributed by atoms with E-state index in [0.717, 1.165) is 51.9 Å². The molecule has 0 aromatic carbocycles. The smallest absolute Gasteiger partial charge is 0.317 e. The molecule has 1 fully saturated rings. The van der Waals surface area contributed by atoms with Crippen molar-refractivity contribution in [2.24, 2.45) is 5.73 Å². The fraction of sp³-hybridized carbons (Fsp3) is 0.917. The SMILES string of the molecule is CCCNC(=O)N1CCC(OCCCN)CC1. The van der Waals surface area contributed by atoms with Crippen LogP contribution in [0.4, 0.5) is 4.79 Å². The van der Waals surface area contributed by atoms with Crippen LogP contribution in [0, 0.1) is 0 Å². The highest BCUT2D eigenvalue weighted by molar-refractivity contribution is 5.74. The van der Waals surface area contributed by atoms with Gasteiger partial charge in [-0.3, -0.25) is 0 Å². The van der Waals surface area contributed by atoms with Crippen molar-refractivity contribution in [1.82, 2.24) is 10.2 Å². The molecule has 0 saturated carbocycles. The van der Waals surface area contributed by atoms with E-state index in [0.29, 0.717) is 12.6 Å². The maximum absolute atomic E-state index is 11.7. The molecule has 0 atom stereocenters. The predicted octanol–water partition coefficient (Wildman–Crippen LogP) is 0.936. The number of likely N-dealkylation sites (tertiary alicyclic amines) is 1. The predicted molar refractivity (Wildman–Crippen MR) is 67.9 cm³/mol. The van der Waals surface area contributed by atoms with E-state index in [4.69, 9.17) is 10.5 Å². The molecule has 1 rings (SSSR count). The molecule has 1 heterocycles. The second-order valence-corrected chi connectivity index (χ2v) is 4.43. The molecule has 100 valence electrons. The van der Waals surface area contributed by atoms with Gasteiger partial charge in [0.05, 0.1) is 6.10 Å². The van der Waals surface area contributed by atoms with E-state index in [1.807, 2.05) is 4.90 Å². The summed E-state index contributed by atoms with van der Waals surface area (Å²) in [5, 5.41) is 2.90. The molecule has 5 heteroatoms. The highest BCUT2D eigenvalue weighted by Crippen LogP contribution is 2.13. The number of carbonyl (C=O) groups excluding carboxylic acids is 1. The van der Waals surface area contributed by atoms with Gasteiger partial charge in [-0.15, -0.1) is 0 Å². The molecule has 0 spiro atoms. The van der Waals surface area contributed by atoms with Crippen LogP contribution in [0.1, 0.15) is 32.6 Å². The third-order valence-corrected chi connectivity index (χ3v) is 2.96. The van der Waals surface area contributed by atoms with Crippen molar-refractivity contribution in [2.75, 3.05) is 32.8 Å². The Balaban J connectivity index is 2.14. The minimum Gasteiger partial charge on any atom is -0.378 e. The first-order chi connectivity index (χ1) is 8.27. The van der Waals surface area contributed by atoms with Gasteiger partial charge >= 0.3 is 6.03 Å². The monoisotopic (exact) mass is 243 g/mol. The van der Waals surface area contributed by atoms with E-state index in [1.165, 1.54) is 0 Å². The molecule has 17 heavy (non-hydrogen) atoms. The quantitative estimate of drug-likeness (QED) is 0.682. The van der Waals surface area contributed by atoms with Crippen molar-refractivity contribution >= 4 is 6.03 Å². The number of nitrogens with one attached hydrogen (secondary N) is 1. The Morgan fingerprint density at radius 2 is 2.18 bits per heavy atom. The van der Waals surface area contributed by atoms with E-state index < -0.39 is 0 Å². The van der Waals surface area contributed by atoms with Crippen LogP contribution in [-0.2, 0) is 4.74 Å². The zero-order valence-corrected chi connectivity index (χ0v) is 10.8. The highest BCUT2D eigenvalue weighted by Gasteiger charge is 2.22. The van der Waals surface area contributed by atoms with Crippen LogP contribution in [0.2, 0.25) is 0 Å². The van der Waals surface area contributed by atoms with Gasteiger partial charge in [-0.2, -0.15) is 0 Å². The molecule has 0 bridgehead atoms. The molecule has 1 aliphatic rings. The molecule has 0 aromatic rings. The summed E-state index contributed by atoms with van der Waals surface area (Å²) in [6.45, 7) is 5.82. The molecule has 0 aliphatic carbocycles. The number of nitrogens with two attached hydrogens (primary N) is 1. The Hall–Kier alpha value is -0.810. The third kappa shape index (κ3) is 5.37. The molecule has 0 radical (unpaired) electrons. The van der Waals surface area contributed by atoms with Crippen LogP contribution in [0.3, 0.4) is 0 Å². The molecular weight excluding hydrogens is 218 g/mol. The van der Waals surface area contributed by atoms with Crippen LogP contribution >= 0.6 is 0 Å². The number of rotatable bonds is 6. The van der Waals surface area contributed by atoms with Crippen LogP contribution < -0.4 is 11.1 Å². The van der Waals surface area contributed by atoms with Crippen molar-refractivity contribution in [1.29, 1.82) is 0 Å². The minimum absolute atomic E-state index is 0.0623. The number of amides is 2. The second-order valence-electron chi connectivity index (χ2n) is 4.43. The number of urea groups is 1. The standard InChI is InChI=1S/C12H25N3O2/c1-2-7-14-12(16)15-8-4-11(5-9-15)17-10-3-6-13/h11H,2-10,13H2,1H3,(H,14,16). The first-order valence-electron chi connectivity index (χ1n) is 6.62. The summed E-state index contributed by atoms with van der Waals surface area (Å²) in [7, 11) is 0. The van der Waals surface area contributed by atoms with Gasteiger partial charge in [0.25, 0.3) is 0 Å². The molecule has 3 N–H and O–H groups in total. The summed E-state index contributed by atoms with van der Waals surface area (Å²) in [4.78, 5) is 13.6. The van der Waals surface area contributed by atoms with E-state index in [2.05, 4.69) is 12.2 Å². The van der Waals surface area contributed by atoms with Crippen molar-refractivity contribution in [3.05, 3.63) is 0 Å². The number of carbonyl (C=O) groups is 1. The summed E-state index contributed by atoms with van der Waals surface area (Å²) in [5.41, 5.74) is 5.41. The number of nitrogens with zero attached hydrogens (tertiary/aromatic N) is 1. The van der Waals surface area contributed by atoms with Gasteiger partial charge in [0.15, 0.2) is 0 Å². The topological polar surface area (TPSA) is 67.6 Å². The highest BCUT2D eigenvalue weighted by atomic mass is 16.5. The average molecular weight is 243 g/mol. The molecule has 2 amide bonds. The van der Waals surface area contributed by atoms with Gasteiger partial charge in [-0.05, 0) is 32.2 Å². The fourth-order valence-electron chi connectivity index (χ4n) is 1.90. The van der Waals surface area contributed by atoms with Crippen LogP contribution in [-0.4, -0.2) is 49.8 Å². The Kier molecular flexibility index (Phi) is 6.96. The van der Waals surface area contributed by atoms with E-state index in [1.54, 1.807) is 0 Å². The van der Waals surface area contributed by atoms with E-state index in [-0.39, 0.29) is 6.03 Å². The van der Waals surface area contributed by atoms with Gasteiger partial charge in [-0.1, -0.05) is 6.92 Å². The molecule has 5 nitrogen and oxygen atoms in total. The molecular formula is C12H25N3O2. The minimum atomic E-state index is 0.0623. The second kappa shape index (κ2) is 8.31. The zero-order chi connectivity index (χ0) is 12.5. The van der Waals surface area contributed by atoms with Crippen molar-refractivity contribution in [3.8, 4) is 0 Å². The lowest BCUT2D eigenvalue weighted by molar-refractivity contribution is 0.0146. The van der Waals surface area contributed by atoms with E-state index >= 15 is 0 Å². The zero-order valence-electron chi connectivity index (χ0n) is 10.8. The summed E-state index contributed by atoms with van der Waals surface area (Å²) in [6, 6.07) is 0.0623. The van der Waals surface area contributed by atoms with Gasteiger partial charge in [0.1, 0.15) is 0 Å². The van der Waals surface area contributed by atoms with Crippen LogP contribution in [0.5, 0.6) is 0 Å². The van der Waals surface area contributed by atoms with Gasteiger partial charge in [0, 0.05) is 26.2 Å². The maximum Gasteiger partial charge on any atom is 0.317 e. The van der Waals surface area contributed by atoms with Crippen molar-refractivity contribution < 1.29 is 9.53 Å². The lowest BCUT2D eigenvalue weighted by Crippen LogP contribution is -2.46. The fourth-order valence-corrected chi connectivity index (χ4v) is 1.90. The molecule has 0 aromatic heterocycles. The largest absolute Gasteiger partial charge is 0.378 e. The van der Waals surface area contributed by atoms with Crippen LogP contribution in [0.15, 0.2) is 0 Å². The number of hydrogen-bond donors (Lipinski definition) is 2. The maximum atomic E-state index is 11.7.